The predicted octanol–water partition coefficient (Wildman–Crippen LogP) is 1.06. The zero-order valence-electron chi connectivity index (χ0n) is 12.3. The zero-order chi connectivity index (χ0) is 15.7. The molecule has 1 N–H and O–H groups in total. The Morgan fingerprint density at radius 3 is 2.71 bits per heavy atom. The van der Waals surface area contributed by atoms with Gasteiger partial charge in [0, 0.05) is 33.5 Å². The molecule has 1 aromatic rings. The van der Waals surface area contributed by atoms with Gasteiger partial charge in [-0.15, -0.1) is 0 Å². The summed E-state index contributed by atoms with van der Waals surface area (Å²) >= 11 is 0. The van der Waals surface area contributed by atoms with Crippen LogP contribution in [0.3, 0.4) is 0 Å². The molecular weight excluding hydrogens is 270 g/mol. The number of anilines is 1. The summed E-state index contributed by atoms with van der Waals surface area (Å²) in [5.41, 5.74) is 0.935. The summed E-state index contributed by atoms with van der Waals surface area (Å²) in [4.78, 5) is 24.9. The first-order valence-electron chi connectivity index (χ1n) is 6.63. The summed E-state index contributed by atoms with van der Waals surface area (Å²) in [6.07, 6.45) is 0.170. The first-order chi connectivity index (χ1) is 10.1. The fraction of sp³-hybridized carbons (Fsp3) is 0.400. The average molecular weight is 289 g/mol. The summed E-state index contributed by atoms with van der Waals surface area (Å²) in [6.45, 7) is 2.52. The Kier molecular flexibility index (Phi) is 6.92. The summed E-state index contributed by atoms with van der Waals surface area (Å²) in [6, 6.07) is 8.88. The molecule has 0 saturated heterocycles. The van der Waals surface area contributed by atoms with E-state index in [1.54, 1.807) is 31.4 Å². The van der Waals surface area contributed by atoms with Gasteiger partial charge in [0.05, 0.1) is 17.9 Å². The van der Waals surface area contributed by atoms with Gasteiger partial charge in [-0.05, 0) is 12.1 Å². The van der Waals surface area contributed by atoms with Crippen molar-refractivity contribution in [1.82, 2.24) is 5.32 Å². The van der Waals surface area contributed by atoms with Gasteiger partial charge in [-0.3, -0.25) is 9.59 Å². The number of benzene rings is 1. The van der Waals surface area contributed by atoms with E-state index in [4.69, 9.17) is 10.00 Å². The van der Waals surface area contributed by atoms with Gasteiger partial charge in [0.2, 0.25) is 11.8 Å². The number of carbonyl (C=O) groups is 2. The summed E-state index contributed by atoms with van der Waals surface area (Å²) < 4.78 is 4.84. The molecule has 21 heavy (non-hydrogen) atoms. The van der Waals surface area contributed by atoms with Gasteiger partial charge in [-0.25, -0.2) is 0 Å². The Bertz CT molecular complexity index is 537. The molecule has 0 bridgehead atoms. The maximum atomic E-state index is 11.8. The number of hydrogen-bond acceptors (Lipinski definition) is 4. The molecule has 0 saturated carbocycles. The second kappa shape index (κ2) is 8.72. The van der Waals surface area contributed by atoms with Crippen LogP contribution in [0.5, 0.6) is 0 Å². The maximum Gasteiger partial charge on any atom is 0.223 e. The van der Waals surface area contributed by atoms with Crippen LogP contribution in [-0.2, 0) is 14.3 Å². The van der Waals surface area contributed by atoms with Crippen LogP contribution in [0.1, 0.15) is 18.9 Å². The quantitative estimate of drug-likeness (QED) is 0.761. The highest BCUT2D eigenvalue weighted by atomic mass is 16.5. The molecule has 0 spiro atoms. The third-order valence-electron chi connectivity index (χ3n) is 2.89. The first-order valence-corrected chi connectivity index (χ1v) is 6.63. The van der Waals surface area contributed by atoms with Crippen LogP contribution in [0.25, 0.3) is 0 Å². The van der Waals surface area contributed by atoms with E-state index in [-0.39, 0.29) is 24.8 Å². The Hall–Kier alpha value is -2.39. The van der Waals surface area contributed by atoms with E-state index in [0.29, 0.717) is 24.4 Å². The fourth-order valence-corrected chi connectivity index (χ4v) is 1.85. The topological polar surface area (TPSA) is 82.4 Å². The lowest BCUT2D eigenvalue weighted by molar-refractivity contribution is -0.121. The lowest BCUT2D eigenvalue weighted by atomic mass is 10.1. The van der Waals surface area contributed by atoms with Crippen molar-refractivity contribution in [3.63, 3.8) is 0 Å². The van der Waals surface area contributed by atoms with E-state index in [9.17, 15) is 9.59 Å². The number of rotatable bonds is 7. The molecule has 0 aliphatic rings. The molecular formula is C15H19N3O3. The van der Waals surface area contributed by atoms with E-state index in [2.05, 4.69) is 5.32 Å². The third kappa shape index (κ3) is 5.24. The van der Waals surface area contributed by atoms with Crippen LogP contribution in [0.15, 0.2) is 24.3 Å². The molecule has 0 fully saturated rings. The second-order valence-electron chi connectivity index (χ2n) is 4.39. The largest absolute Gasteiger partial charge is 0.383 e. The van der Waals surface area contributed by atoms with Gasteiger partial charge in [0.15, 0.2) is 0 Å². The molecule has 0 heterocycles. The average Bonchev–Trinajstić information content (AvgIpc) is 2.48. The van der Waals surface area contributed by atoms with Crippen molar-refractivity contribution in [2.45, 2.75) is 13.3 Å². The number of hydrogen-bond donors (Lipinski definition) is 1. The minimum Gasteiger partial charge on any atom is -0.383 e. The highest BCUT2D eigenvalue weighted by molar-refractivity contribution is 5.93. The van der Waals surface area contributed by atoms with E-state index >= 15 is 0 Å². The Morgan fingerprint density at radius 2 is 2.10 bits per heavy atom. The molecule has 0 aliphatic heterocycles. The molecule has 1 aromatic carbocycles. The molecule has 0 aromatic heterocycles. The van der Waals surface area contributed by atoms with Crippen LogP contribution in [0.4, 0.5) is 5.69 Å². The Morgan fingerprint density at radius 1 is 1.38 bits per heavy atom. The van der Waals surface area contributed by atoms with E-state index in [0.717, 1.165) is 0 Å². The van der Waals surface area contributed by atoms with E-state index in [1.807, 2.05) is 6.07 Å². The van der Waals surface area contributed by atoms with Crippen molar-refractivity contribution in [3.8, 4) is 6.07 Å². The number of nitrogens with zero attached hydrogens (tertiary/aromatic N) is 2. The Labute approximate surface area is 124 Å². The van der Waals surface area contributed by atoms with Gasteiger partial charge in [0.1, 0.15) is 6.07 Å². The lowest BCUT2D eigenvalue weighted by Crippen LogP contribution is -2.35. The number of para-hydroxylation sites is 1. The smallest absolute Gasteiger partial charge is 0.223 e. The molecule has 1 rings (SSSR count). The second-order valence-corrected chi connectivity index (χ2v) is 4.39. The van der Waals surface area contributed by atoms with Crippen LogP contribution in [0, 0.1) is 11.3 Å². The van der Waals surface area contributed by atoms with Crippen molar-refractivity contribution in [3.05, 3.63) is 29.8 Å². The molecule has 6 nitrogen and oxygen atoms in total. The van der Waals surface area contributed by atoms with Crippen molar-refractivity contribution in [2.24, 2.45) is 0 Å². The van der Waals surface area contributed by atoms with Gasteiger partial charge in [0.25, 0.3) is 0 Å². The molecule has 0 atom stereocenters. The summed E-state index contributed by atoms with van der Waals surface area (Å²) in [7, 11) is 1.56. The van der Waals surface area contributed by atoms with E-state index in [1.165, 1.54) is 11.8 Å². The van der Waals surface area contributed by atoms with Gasteiger partial charge < -0.3 is 15.0 Å². The minimum absolute atomic E-state index is 0.160. The molecule has 6 heteroatoms. The molecule has 2 amide bonds. The molecule has 0 aliphatic carbocycles. The number of amides is 2. The van der Waals surface area contributed by atoms with Crippen molar-refractivity contribution < 1.29 is 14.3 Å². The van der Waals surface area contributed by atoms with Crippen LogP contribution < -0.4 is 10.2 Å². The first kappa shape index (κ1) is 16.7. The Balaban J connectivity index is 2.69. The van der Waals surface area contributed by atoms with Crippen molar-refractivity contribution in [1.29, 1.82) is 5.26 Å². The summed E-state index contributed by atoms with van der Waals surface area (Å²) in [5.74, 6) is -0.366. The van der Waals surface area contributed by atoms with Gasteiger partial charge in [-0.2, -0.15) is 5.26 Å². The summed E-state index contributed by atoms with van der Waals surface area (Å²) in [5, 5.41) is 11.8. The normalized spacial score (nSPS) is 9.76. The highest BCUT2D eigenvalue weighted by Crippen LogP contribution is 2.19. The number of ether oxygens (including phenoxy) is 1. The van der Waals surface area contributed by atoms with Crippen LogP contribution in [-0.4, -0.2) is 38.6 Å². The van der Waals surface area contributed by atoms with E-state index < -0.39 is 0 Å². The molecule has 112 valence electrons. The lowest BCUT2D eigenvalue weighted by Gasteiger charge is -2.22. The zero-order valence-corrected chi connectivity index (χ0v) is 12.3. The number of nitrogens with one attached hydrogen (secondary N) is 1. The third-order valence-corrected chi connectivity index (χ3v) is 2.89. The maximum absolute atomic E-state index is 11.8. The molecule has 0 unspecified atom stereocenters. The number of carbonyl (C=O) groups excluding carboxylic acids is 2. The predicted molar refractivity (Wildman–Crippen MR) is 78.7 cm³/mol. The van der Waals surface area contributed by atoms with Crippen LogP contribution in [0.2, 0.25) is 0 Å². The molecule has 0 radical (unpaired) electrons. The fourth-order valence-electron chi connectivity index (χ4n) is 1.85. The van der Waals surface area contributed by atoms with Gasteiger partial charge >= 0.3 is 0 Å². The van der Waals surface area contributed by atoms with Crippen LogP contribution >= 0.6 is 0 Å². The highest BCUT2D eigenvalue weighted by Gasteiger charge is 2.16. The monoisotopic (exact) mass is 289 g/mol. The standard InChI is InChI=1S/C15H19N3O3/c1-12(19)18(9-7-15(20)17-8-10-21-2)14-6-4-3-5-13(14)11-16/h3-6H,7-10H2,1-2H3,(H,17,20). The minimum atomic E-state index is -0.206. The number of methoxy groups -OCH3 is 1. The SMILES string of the molecule is COCCNC(=O)CCN(C(C)=O)c1ccccc1C#N. The van der Waals surface area contributed by atoms with Crippen molar-refractivity contribution in [2.75, 3.05) is 31.7 Å². The van der Waals surface area contributed by atoms with Gasteiger partial charge in [-0.1, -0.05) is 12.1 Å². The number of nitriles is 1. The van der Waals surface area contributed by atoms with Crippen molar-refractivity contribution >= 4 is 17.5 Å².